The van der Waals surface area contributed by atoms with Crippen molar-refractivity contribution in [2.45, 2.75) is 6.04 Å². The maximum Gasteiger partial charge on any atom is 0.104 e. The van der Waals surface area contributed by atoms with Gasteiger partial charge in [0, 0.05) is 11.6 Å². The van der Waals surface area contributed by atoms with Crippen LogP contribution in [0, 0.1) is 0 Å². The van der Waals surface area contributed by atoms with Crippen LogP contribution in [0.2, 0.25) is 0 Å². The molecule has 0 aliphatic rings. The first-order chi connectivity index (χ1) is 8.34. The quantitative estimate of drug-likeness (QED) is 0.690. The largest absolute Gasteiger partial charge is 0.319 e. The lowest BCUT2D eigenvalue weighted by Gasteiger charge is -2.08. The van der Waals surface area contributed by atoms with Crippen molar-refractivity contribution in [1.29, 1.82) is 0 Å². The first-order valence-electron chi connectivity index (χ1n) is 5.30. The monoisotopic (exact) mass is 225 g/mol. The minimum atomic E-state index is -0.300. The van der Waals surface area contributed by atoms with Gasteiger partial charge in [-0.1, -0.05) is 18.2 Å². The average molecular weight is 225 g/mol. The van der Waals surface area contributed by atoms with Gasteiger partial charge in [0.1, 0.15) is 5.69 Å². The number of aromatic nitrogens is 4. The first-order valence-corrected chi connectivity index (χ1v) is 5.30. The Morgan fingerprint density at radius 1 is 1.18 bits per heavy atom. The Morgan fingerprint density at radius 3 is 2.88 bits per heavy atom. The Kier molecular flexibility index (Phi) is 2.31. The Bertz CT molecular complexity index is 632. The van der Waals surface area contributed by atoms with Crippen LogP contribution >= 0.6 is 0 Å². The van der Waals surface area contributed by atoms with Gasteiger partial charge in [0.15, 0.2) is 0 Å². The van der Waals surface area contributed by atoms with E-state index in [-0.39, 0.29) is 6.04 Å². The zero-order valence-corrected chi connectivity index (χ0v) is 9.04. The van der Waals surface area contributed by atoms with Gasteiger partial charge in [0.2, 0.25) is 0 Å². The summed E-state index contributed by atoms with van der Waals surface area (Å²) in [5.74, 6) is 0. The molecule has 0 saturated heterocycles. The highest BCUT2D eigenvalue weighted by atomic mass is 15.3. The van der Waals surface area contributed by atoms with E-state index in [4.69, 9.17) is 5.73 Å². The second-order valence-corrected chi connectivity index (χ2v) is 3.83. The van der Waals surface area contributed by atoms with Gasteiger partial charge in [-0.2, -0.15) is 15.4 Å². The SMILES string of the molecule is NC(c1cnc2ccccc2c1)c1cn[nH]n1. The van der Waals surface area contributed by atoms with Crippen LogP contribution in [0.4, 0.5) is 0 Å². The summed E-state index contributed by atoms with van der Waals surface area (Å²) in [5, 5.41) is 11.4. The minimum absolute atomic E-state index is 0.300. The molecule has 3 N–H and O–H groups in total. The average Bonchev–Trinajstić information content (AvgIpc) is 2.91. The van der Waals surface area contributed by atoms with Gasteiger partial charge in [0.25, 0.3) is 0 Å². The molecule has 2 heterocycles. The Labute approximate surface area is 97.7 Å². The van der Waals surface area contributed by atoms with Crippen molar-refractivity contribution in [2.75, 3.05) is 0 Å². The summed E-state index contributed by atoms with van der Waals surface area (Å²) < 4.78 is 0. The van der Waals surface area contributed by atoms with Crippen LogP contribution < -0.4 is 5.73 Å². The number of nitrogens with one attached hydrogen (secondary N) is 1. The number of para-hydroxylation sites is 1. The summed E-state index contributed by atoms with van der Waals surface area (Å²) in [6, 6.07) is 9.66. The fraction of sp³-hybridized carbons (Fsp3) is 0.0833. The number of hydrogen-bond acceptors (Lipinski definition) is 4. The number of hydrogen-bond donors (Lipinski definition) is 2. The van der Waals surface area contributed by atoms with Crippen molar-refractivity contribution in [1.82, 2.24) is 20.4 Å². The minimum Gasteiger partial charge on any atom is -0.319 e. The molecule has 0 saturated carbocycles. The van der Waals surface area contributed by atoms with Gasteiger partial charge in [0.05, 0.1) is 17.8 Å². The molecule has 17 heavy (non-hydrogen) atoms. The maximum atomic E-state index is 6.09. The molecule has 1 aromatic carbocycles. The van der Waals surface area contributed by atoms with Crippen LogP contribution in [0.5, 0.6) is 0 Å². The number of fused-ring (bicyclic) bond motifs is 1. The van der Waals surface area contributed by atoms with E-state index in [1.54, 1.807) is 12.4 Å². The summed E-state index contributed by atoms with van der Waals surface area (Å²) in [5.41, 5.74) is 8.69. The summed E-state index contributed by atoms with van der Waals surface area (Å²) in [4.78, 5) is 4.37. The fourth-order valence-corrected chi connectivity index (χ4v) is 1.79. The molecule has 0 bridgehead atoms. The third-order valence-corrected chi connectivity index (χ3v) is 2.72. The van der Waals surface area contributed by atoms with E-state index >= 15 is 0 Å². The Hall–Kier alpha value is -2.27. The van der Waals surface area contributed by atoms with Gasteiger partial charge in [-0.3, -0.25) is 4.98 Å². The lowest BCUT2D eigenvalue weighted by Crippen LogP contribution is -2.12. The molecule has 1 atom stereocenters. The molecule has 0 fully saturated rings. The summed E-state index contributed by atoms with van der Waals surface area (Å²) in [6.07, 6.45) is 3.40. The zero-order valence-electron chi connectivity index (χ0n) is 9.04. The zero-order chi connectivity index (χ0) is 11.7. The van der Waals surface area contributed by atoms with Crippen LogP contribution in [-0.4, -0.2) is 20.4 Å². The molecule has 1 unspecified atom stereocenters. The first kappa shape index (κ1) is 9.92. The second kappa shape index (κ2) is 3.95. The standard InChI is InChI=1S/C12H11N5/c13-12(11-7-15-17-16-11)9-5-8-3-1-2-4-10(8)14-6-9/h1-7,12H,13H2,(H,15,16,17). The van der Waals surface area contributed by atoms with Crippen LogP contribution in [0.25, 0.3) is 10.9 Å². The van der Waals surface area contributed by atoms with Crippen LogP contribution in [-0.2, 0) is 0 Å². The molecule has 3 rings (SSSR count). The predicted molar refractivity (Wildman–Crippen MR) is 64.2 cm³/mol. The molecule has 0 aliphatic carbocycles. The molecule has 5 nitrogen and oxygen atoms in total. The lowest BCUT2D eigenvalue weighted by molar-refractivity contribution is 0.807. The molecule has 0 spiro atoms. The summed E-state index contributed by atoms with van der Waals surface area (Å²) in [6.45, 7) is 0. The number of H-pyrrole nitrogens is 1. The molecule has 5 heteroatoms. The number of nitrogens with two attached hydrogens (primary N) is 1. The molecular formula is C12H11N5. The van der Waals surface area contributed by atoms with E-state index in [0.717, 1.165) is 16.5 Å². The highest BCUT2D eigenvalue weighted by Crippen LogP contribution is 2.20. The van der Waals surface area contributed by atoms with E-state index in [1.165, 1.54) is 0 Å². The van der Waals surface area contributed by atoms with E-state index in [9.17, 15) is 0 Å². The lowest BCUT2D eigenvalue weighted by atomic mass is 10.1. The molecule has 2 aromatic heterocycles. The number of aromatic amines is 1. The number of benzene rings is 1. The van der Waals surface area contributed by atoms with Crippen molar-refractivity contribution in [3.63, 3.8) is 0 Å². The molecule has 3 aromatic rings. The molecular weight excluding hydrogens is 214 g/mol. The van der Waals surface area contributed by atoms with Crippen molar-refractivity contribution in [2.24, 2.45) is 5.73 Å². The smallest absolute Gasteiger partial charge is 0.104 e. The highest BCUT2D eigenvalue weighted by molar-refractivity contribution is 5.78. The predicted octanol–water partition coefficient (Wildman–Crippen LogP) is 1.40. The third kappa shape index (κ3) is 1.76. The van der Waals surface area contributed by atoms with Crippen molar-refractivity contribution in [3.05, 3.63) is 54.0 Å². The summed E-state index contributed by atoms with van der Waals surface area (Å²) >= 11 is 0. The second-order valence-electron chi connectivity index (χ2n) is 3.83. The molecule has 0 aliphatic heterocycles. The van der Waals surface area contributed by atoms with E-state index in [1.807, 2.05) is 30.3 Å². The maximum absolute atomic E-state index is 6.09. The molecule has 84 valence electrons. The topological polar surface area (TPSA) is 80.5 Å². The third-order valence-electron chi connectivity index (χ3n) is 2.72. The van der Waals surface area contributed by atoms with Gasteiger partial charge >= 0.3 is 0 Å². The van der Waals surface area contributed by atoms with Gasteiger partial charge in [-0.25, -0.2) is 0 Å². The highest BCUT2D eigenvalue weighted by Gasteiger charge is 2.12. The normalized spacial score (nSPS) is 12.8. The fourth-order valence-electron chi connectivity index (χ4n) is 1.79. The van der Waals surface area contributed by atoms with Crippen molar-refractivity contribution >= 4 is 10.9 Å². The van der Waals surface area contributed by atoms with Crippen LogP contribution in [0.3, 0.4) is 0 Å². The van der Waals surface area contributed by atoms with Gasteiger partial charge in [-0.05, 0) is 17.7 Å². The van der Waals surface area contributed by atoms with Gasteiger partial charge < -0.3 is 5.73 Å². The van der Waals surface area contributed by atoms with Crippen LogP contribution in [0.15, 0.2) is 42.7 Å². The number of pyridine rings is 1. The van der Waals surface area contributed by atoms with Crippen LogP contribution in [0.1, 0.15) is 17.3 Å². The van der Waals surface area contributed by atoms with E-state index in [2.05, 4.69) is 20.4 Å². The molecule has 0 amide bonds. The Morgan fingerprint density at radius 2 is 2.06 bits per heavy atom. The van der Waals surface area contributed by atoms with Crippen molar-refractivity contribution < 1.29 is 0 Å². The van der Waals surface area contributed by atoms with Crippen molar-refractivity contribution in [3.8, 4) is 0 Å². The summed E-state index contributed by atoms with van der Waals surface area (Å²) in [7, 11) is 0. The van der Waals surface area contributed by atoms with Gasteiger partial charge in [-0.15, -0.1) is 0 Å². The van der Waals surface area contributed by atoms with E-state index < -0.39 is 0 Å². The Balaban J connectivity index is 2.06. The molecule has 0 radical (unpaired) electrons. The number of nitrogens with zero attached hydrogens (tertiary/aromatic N) is 3. The van der Waals surface area contributed by atoms with E-state index in [0.29, 0.717) is 5.69 Å². The number of rotatable bonds is 2.